The summed E-state index contributed by atoms with van der Waals surface area (Å²) in [5, 5.41) is 11.7. The van der Waals surface area contributed by atoms with Crippen LogP contribution < -0.4 is 10.8 Å². The highest BCUT2D eigenvalue weighted by molar-refractivity contribution is 6.33. The summed E-state index contributed by atoms with van der Waals surface area (Å²) in [6.45, 7) is 0. The summed E-state index contributed by atoms with van der Waals surface area (Å²) < 4.78 is 0. The average Bonchev–Trinajstić information content (AvgIpc) is 2.39. The fourth-order valence-corrected chi connectivity index (χ4v) is 1.73. The Morgan fingerprint density at radius 2 is 1.74 bits per heavy atom. The van der Waals surface area contributed by atoms with E-state index in [1.165, 1.54) is 6.07 Å². The number of carbonyl (C=O) groups excluding carboxylic acids is 1. The quantitative estimate of drug-likeness (QED) is 0.798. The number of nitrogens with one attached hydrogen (secondary N) is 1. The lowest BCUT2D eigenvalue weighted by Gasteiger charge is -2.09. The van der Waals surface area contributed by atoms with Crippen molar-refractivity contribution in [2.75, 3.05) is 5.32 Å². The standard InChI is InChI=1S/C14H12BNO3/c15-10-6-7-11(14(18)19)12(8-10)16-13(17)9-4-2-1-3-5-9/h1-8H,15H2,(H,16,17)(H,18,19). The van der Waals surface area contributed by atoms with Gasteiger partial charge in [-0.3, -0.25) is 4.79 Å². The summed E-state index contributed by atoms with van der Waals surface area (Å²) in [7, 11) is 1.84. The Bertz CT molecular complexity index is 626. The monoisotopic (exact) mass is 253 g/mol. The van der Waals surface area contributed by atoms with E-state index in [0.29, 0.717) is 11.3 Å². The van der Waals surface area contributed by atoms with Crippen LogP contribution in [0, 0.1) is 0 Å². The van der Waals surface area contributed by atoms with E-state index in [9.17, 15) is 9.59 Å². The summed E-state index contributed by atoms with van der Waals surface area (Å²) in [6.07, 6.45) is 0. The normalized spacial score (nSPS) is 9.89. The first kappa shape index (κ1) is 12.9. The Balaban J connectivity index is 2.31. The molecule has 0 saturated carbocycles. The van der Waals surface area contributed by atoms with Crippen molar-refractivity contribution in [3.8, 4) is 0 Å². The van der Waals surface area contributed by atoms with Crippen molar-refractivity contribution in [3.05, 3.63) is 59.7 Å². The zero-order valence-corrected chi connectivity index (χ0v) is 10.4. The van der Waals surface area contributed by atoms with Gasteiger partial charge in [-0.25, -0.2) is 4.79 Å². The number of carboxylic acids is 1. The fraction of sp³-hybridized carbons (Fsp3) is 0. The zero-order valence-electron chi connectivity index (χ0n) is 10.4. The maximum atomic E-state index is 12.0. The Kier molecular flexibility index (Phi) is 3.66. The number of hydrogen-bond donors (Lipinski definition) is 2. The highest BCUT2D eigenvalue weighted by atomic mass is 16.4. The number of carboxylic acid groups (broad SMARTS) is 1. The number of hydrogen-bond acceptors (Lipinski definition) is 2. The highest BCUT2D eigenvalue weighted by Gasteiger charge is 2.13. The molecule has 4 nitrogen and oxygen atoms in total. The van der Waals surface area contributed by atoms with E-state index in [2.05, 4.69) is 5.32 Å². The molecule has 1 amide bonds. The van der Waals surface area contributed by atoms with Gasteiger partial charge in [0.05, 0.1) is 11.3 Å². The minimum atomic E-state index is -1.07. The van der Waals surface area contributed by atoms with E-state index in [0.717, 1.165) is 5.46 Å². The molecule has 0 radical (unpaired) electrons. The van der Waals surface area contributed by atoms with E-state index in [-0.39, 0.29) is 11.5 Å². The fourth-order valence-electron chi connectivity index (χ4n) is 1.73. The minimum absolute atomic E-state index is 0.0786. The molecule has 2 N–H and O–H groups in total. The first-order valence-electron chi connectivity index (χ1n) is 5.78. The van der Waals surface area contributed by atoms with Gasteiger partial charge in [-0.15, -0.1) is 0 Å². The molecule has 0 bridgehead atoms. The molecule has 0 aliphatic carbocycles. The predicted molar refractivity (Wildman–Crippen MR) is 76.0 cm³/mol. The van der Waals surface area contributed by atoms with Crippen LogP contribution in [0.25, 0.3) is 0 Å². The lowest BCUT2D eigenvalue weighted by Crippen LogP contribution is -2.17. The van der Waals surface area contributed by atoms with E-state index in [1.807, 2.05) is 13.9 Å². The molecule has 0 saturated heterocycles. The number of anilines is 1. The molecule has 0 unspecified atom stereocenters. The minimum Gasteiger partial charge on any atom is -0.478 e. The van der Waals surface area contributed by atoms with Crippen LogP contribution in [0.3, 0.4) is 0 Å². The third-order valence-electron chi connectivity index (χ3n) is 2.69. The highest BCUT2D eigenvalue weighted by Crippen LogP contribution is 2.15. The van der Waals surface area contributed by atoms with E-state index < -0.39 is 5.97 Å². The molecule has 19 heavy (non-hydrogen) atoms. The van der Waals surface area contributed by atoms with Gasteiger partial charge in [-0.05, 0) is 24.3 Å². The van der Waals surface area contributed by atoms with Crippen molar-refractivity contribution in [2.24, 2.45) is 0 Å². The molecule has 2 rings (SSSR count). The van der Waals surface area contributed by atoms with Crippen molar-refractivity contribution in [2.45, 2.75) is 0 Å². The van der Waals surface area contributed by atoms with Crippen LogP contribution in [0.5, 0.6) is 0 Å². The van der Waals surface area contributed by atoms with Gasteiger partial charge >= 0.3 is 5.97 Å². The van der Waals surface area contributed by atoms with Crippen molar-refractivity contribution in [1.82, 2.24) is 0 Å². The van der Waals surface area contributed by atoms with Crippen molar-refractivity contribution < 1.29 is 14.7 Å². The summed E-state index contributed by atoms with van der Waals surface area (Å²) in [5.41, 5.74) is 1.75. The van der Waals surface area contributed by atoms with Gasteiger partial charge in [-0.1, -0.05) is 29.7 Å². The molecule has 94 valence electrons. The van der Waals surface area contributed by atoms with Crippen molar-refractivity contribution >= 4 is 30.9 Å². The second-order valence-corrected chi connectivity index (χ2v) is 4.17. The van der Waals surface area contributed by atoms with E-state index in [4.69, 9.17) is 5.11 Å². The first-order valence-corrected chi connectivity index (χ1v) is 5.78. The number of amides is 1. The van der Waals surface area contributed by atoms with Gasteiger partial charge in [0.25, 0.3) is 5.91 Å². The average molecular weight is 253 g/mol. The largest absolute Gasteiger partial charge is 0.478 e. The lowest BCUT2D eigenvalue weighted by molar-refractivity contribution is 0.0698. The van der Waals surface area contributed by atoms with Gasteiger partial charge in [0.15, 0.2) is 0 Å². The SMILES string of the molecule is Bc1ccc(C(=O)O)c(NC(=O)c2ccccc2)c1. The summed E-state index contributed by atoms with van der Waals surface area (Å²) >= 11 is 0. The van der Waals surface area contributed by atoms with Gasteiger partial charge in [0.2, 0.25) is 0 Å². The van der Waals surface area contributed by atoms with Crippen molar-refractivity contribution in [3.63, 3.8) is 0 Å². The smallest absolute Gasteiger partial charge is 0.337 e. The molecular weight excluding hydrogens is 241 g/mol. The van der Waals surface area contributed by atoms with Gasteiger partial charge in [-0.2, -0.15) is 0 Å². The summed E-state index contributed by atoms with van der Waals surface area (Å²) in [6, 6.07) is 13.5. The maximum Gasteiger partial charge on any atom is 0.337 e. The molecule has 0 aliphatic heterocycles. The predicted octanol–water partition coefficient (Wildman–Crippen LogP) is 0.895. The second kappa shape index (κ2) is 5.39. The number of carbonyl (C=O) groups is 2. The lowest BCUT2D eigenvalue weighted by atomic mass is 9.94. The molecule has 2 aromatic carbocycles. The topological polar surface area (TPSA) is 66.4 Å². The van der Waals surface area contributed by atoms with E-state index >= 15 is 0 Å². The molecule has 0 aromatic heterocycles. The van der Waals surface area contributed by atoms with Crippen LogP contribution in [-0.4, -0.2) is 24.8 Å². The first-order chi connectivity index (χ1) is 9.08. The van der Waals surface area contributed by atoms with Crippen LogP contribution in [0.2, 0.25) is 0 Å². The molecular formula is C14H12BNO3. The molecule has 0 fully saturated rings. The number of benzene rings is 2. The van der Waals surface area contributed by atoms with Crippen LogP contribution in [-0.2, 0) is 0 Å². The number of aromatic carboxylic acids is 1. The van der Waals surface area contributed by atoms with Crippen LogP contribution in [0.4, 0.5) is 5.69 Å². The third-order valence-corrected chi connectivity index (χ3v) is 2.69. The Morgan fingerprint density at radius 3 is 2.37 bits per heavy atom. The Hall–Kier alpha value is -2.56. The molecule has 0 aliphatic rings. The molecule has 0 heterocycles. The van der Waals surface area contributed by atoms with Crippen molar-refractivity contribution in [1.29, 1.82) is 0 Å². The maximum absolute atomic E-state index is 12.0. The number of rotatable bonds is 3. The molecule has 2 aromatic rings. The molecule has 0 atom stereocenters. The van der Waals surface area contributed by atoms with Gasteiger partial charge in [0.1, 0.15) is 7.85 Å². The van der Waals surface area contributed by atoms with Crippen LogP contribution in [0.1, 0.15) is 20.7 Å². The second-order valence-electron chi connectivity index (χ2n) is 4.17. The zero-order chi connectivity index (χ0) is 13.8. The molecule has 0 spiro atoms. The molecule has 5 heteroatoms. The van der Waals surface area contributed by atoms with Gasteiger partial charge < -0.3 is 10.4 Å². The summed E-state index contributed by atoms with van der Waals surface area (Å²) in [4.78, 5) is 23.1. The van der Waals surface area contributed by atoms with Gasteiger partial charge in [0, 0.05) is 5.56 Å². The third kappa shape index (κ3) is 3.01. The van der Waals surface area contributed by atoms with E-state index in [1.54, 1.807) is 36.4 Å². The Labute approximate surface area is 111 Å². The van der Waals surface area contributed by atoms with Crippen LogP contribution >= 0.6 is 0 Å². The Morgan fingerprint density at radius 1 is 1.05 bits per heavy atom. The van der Waals surface area contributed by atoms with Crippen LogP contribution in [0.15, 0.2) is 48.5 Å². The summed E-state index contributed by atoms with van der Waals surface area (Å²) in [5.74, 6) is -1.39.